The van der Waals surface area contributed by atoms with Gasteiger partial charge in [-0.25, -0.2) is 0 Å². The Balaban J connectivity index is 2.11. The second-order valence-corrected chi connectivity index (χ2v) is 5.37. The molecule has 2 rings (SSSR count). The van der Waals surface area contributed by atoms with Crippen LogP contribution in [0.15, 0.2) is 36.4 Å². The number of rotatable bonds is 4. The molecule has 1 nitrogen and oxygen atoms in total. The van der Waals surface area contributed by atoms with E-state index in [1.165, 1.54) is 17.0 Å². The summed E-state index contributed by atoms with van der Waals surface area (Å²) in [5.74, 6) is 0. The molecule has 0 bridgehead atoms. The Morgan fingerprint density at radius 1 is 1.05 bits per heavy atom. The van der Waals surface area contributed by atoms with Gasteiger partial charge in [0.25, 0.3) is 0 Å². The van der Waals surface area contributed by atoms with Crippen molar-refractivity contribution >= 4 is 17.0 Å². The summed E-state index contributed by atoms with van der Waals surface area (Å²) in [4.78, 5) is 2.27. The van der Waals surface area contributed by atoms with E-state index in [4.69, 9.17) is 0 Å². The minimum atomic E-state index is -4.33. The van der Waals surface area contributed by atoms with Gasteiger partial charge in [-0.15, -0.1) is 11.3 Å². The van der Waals surface area contributed by atoms with Gasteiger partial charge >= 0.3 is 6.18 Å². The lowest BCUT2D eigenvalue weighted by molar-refractivity contribution is -0.136. The molecule has 102 valence electrons. The number of thiophene rings is 1. The zero-order valence-electron chi connectivity index (χ0n) is 10.4. The van der Waals surface area contributed by atoms with Gasteiger partial charge in [-0.3, -0.25) is 0 Å². The SMILES string of the molecule is CCc1ccc(CNc2ccccc2C(F)(F)F)s1. The van der Waals surface area contributed by atoms with Crippen molar-refractivity contribution in [3.05, 3.63) is 51.7 Å². The fourth-order valence-electron chi connectivity index (χ4n) is 1.77. The first kappa shape index (κ1) is 13.9. The molecule has 0 aliphatic heterocycles. The van der Waals surface area contributed by atoms with Crippen LogP contribution in [0.3, 0.4) is 0 Å². The maximum Gasteiger partial charge on any atom is 0.418 e. The van der Waals surface area contributed by atoms with Gasteiger partial charge in [-0.1, -0.05) is 19.1 Å². The van der Waals surface area contributed by atoms with Gasteiger partial charge in [-0.05, 0) is 30.7 Å². The zero-order valence-corrected chi connectivity index (χ0v) is 11.2. The smallest absolute Gasteiger partial charge is 0.380 e. The average molecular weight is 285 g/mol. The van der Waals surface area contributed by atoms with Crippen molar-refractivity contribution in [3.8, 4) is 0 Å². The number of alkyl halides is 3. The first-order chi connectivity index (χ1) is 9.00. The second kappa shape index (κ2) is 5.65. The normalized spacial score (nSPS) is 11.6. The van der Waals surface area contributed by atoms with Crippen LogP contribution in [0.4, 0.5) is 18.9 Å². The van der Waals surface area contributed by atoms with Crippen LogP contribution in [0, 0.1) is 0 Å². The molecule has 2 aromatic rings. The molecule has 0 fully saturated rings. The molecule has 19 heavy (non-hydrogen) atoms. The predicted octanol–water partition coefficient (Wildman–Crippen LogP) is 4.94. The molecular weight excluding hydrogens is 271 g/mol. The van der Waals surface area contributed by atoms with Crippen LogP contribution in [-0.4, -0.2) is 0 Å². The minimum absolute atomic E-state index is 0.126. The highest BCUT2D eigenvalue weighted by Gasteiger charge is 2.32. The molecule has 0 radical (unpaired) electrons. The van der Waals surface area contributed by atoms with E-state index in [2.05, 4.69) is 12.2 Å². The largest absolute Gasteiger partial charge is 0.418 e. The minimum Gasteiger partial charge on any atom is -0.380 e. The molecule has 1 N–H and O–H groups in total. The van der Waals surface area contributed by atoms with E-state index in [1.54, 1.807) is 17.4 Å². The molecule has 0 saturated heterocycles. The number of halogens is 3. The van der Waals surface area contributed by atoms with Crippen LogP contribution < -0.4 is 5.32 Å². The number of hydrogen-bond acceptors (Lipinski definition) is 2. The van der Waals surface area contributed by atoms with E-state index in [9.17, 15) is 13.2 Å². The van der Waals surface area contributed by atoms with Crippen LogP contribution >= 0.6 is 11.3 Å². The van der Waals surface area contributed by atoms with Gasteiger partial charge < -0.3 is 5.32 Å². The molecule has 0 spiro atoms. The van der Waals surface area contributed by atoms with Gasteiger partial charge in [0, 0.05) is 22.0 Å². The van der Waals surface area contributed by atoms with Crippen molar-refractivity contribution in [2.24, 2.45) is 0 Å². The number of anilines is 1. The molecule has 0 unspecified atom stereocenters. The number of aryl methyl sites for hydroxylation is 1. The summed E-state index contributed by atoms with van der Waals surface area (Å²) >= 11 is 1.62. The predicted molar refractivity (Wildman–Crippen MR) is 72.5 cm³/mol. The Morgan fingerprint density at radius 3 is 2.37 bits per heavy atom. The van der Waals surface area contributed by atoms with Gasteiger partial charge in [0.1, 0.15) is 0 Å². The molecule has 0 aliphatic rings. The molecule has 0 amide bonds. The van der Waals surface area contributed by atoms with Crippen molar-refractivity contribution in [3.63, 3.8) is 0 Å². The van der Waals surface area contributed by atoms with Gasteiger partial charge in [0.05, 0.1) is 5.56 Å². The number of nitrogens with one attached hydrogen (secondary N) is 1. The lowest BCUT2D eigenvalue weighted by Crippen LogP contribution is -2.10. The molecule has 0 saturated carbocycles. The Morgan fingerprint density at radius 2 is 1.74 bits per heavy atom. The highest BCUT2D eigenvalue weighted by atomic mass is 32.1. The van der Waals surface area contributed by atoms with Gasteiger partial charge in [-0.2, -0.15) is 13.2 Å². The van der Waals surface area contributed by atoms with Gasteiger partial charge in [0.2, 0.25) is 0 Å². The van der Waals surface area contributed by atoms with Crippen molar-refractivity contribution in [1.82, 2.24) is 0 Å². The van der Waals surface area contributed by atoms with Crippen molar-refractivity contribution in [2.45, 2.75) is 26.1 Å². The third kappa shape index (κ3) is 3.50. The maximum atomic E-state index is 12.8. The Hall–Kier alpha value is -1.49. The van der Waals surface area contributed by atoms with Crippen LogP contribution in [-0.2, 0) is 19.1 Å². The van der Waals surface area contributed by atoms with Crippen LogP contribution in [0.1, 0.15) is 22.2 Å². The van der Waals surface area contributed by atoms with Crippen LogP contribution in [0.2, 0.25) is 0 Å². The molecule has 0 aliphatic carbocycles. The van der Waals surface area contributed by atoms with E-state index in [-0.39, 0.29) is 5.69 Å². The van der Waals surface area contributed by atoms with Crippen molar-refractivity contribution in [1.29, 1.82) is 0 Å². The first-order valence-electron chi connectivity index (χ1n) is 5.98. The topological polar surface area (TPSA) is 12.0 Å². The third-order valence-electron chi connectivity index (χ3n) is 2.75. The summed E-state index contributed by atoms with van der Waals surface area (Å²) in [6.45, 7) is 2.47. The number of benzene rings is 1. The van der Waals surface area contributed by atoms with Crippen LogP contribution in [0.5, 0.6) is 0 Å². The number of hydrogen-bond donors (Lipinski definition) is 1. The summed E-state index contributed by atoms with van der Waals surface area (Å²) in [5, 5.41) is 2.86. The third-order valence-corrected chi connectivity index (χ3v) is 3.98. The van der Waals surface area contributed by atoms with E-state index in [0.717, 1.165) is 17.4 Å². The summed E-state index contributed by atoms with van der Waals surface area (Å²) in [5.41, 5.74) is -0.497. The summed E-state index contributed by atoms with van der Waals surface area (Å²) in [6.07, 6.45) is -3.38. The standard InChI is InChI=1S/C14H14F3NS/c1-2-10-7-8-11(19-10)9-18-13-6-4-3-5-12(13)14(15,16)17/h3-8,18H,2,9H2,1H3. The molecular formula is C14H14F3NS. The lowest BCUT2D eigenvalue weighted by atomic mass is 10.1. The molecule has 0 atom stereocenters. The highest BCUT2D eigenvalue weighted by Crippen LogP contribution is 2.34. The summed E-state index contributed by atoms with van der Waals surface area (Å²) < 4.78 is 38.4. The lowest BCUT2D eigenvalue weighted by Gasteiger charge is -2.13. The highest BCUT2D eigenvalue weighted by molar-refractivity contribution is 7.12. The second-order valence-electron chi connectivity index (χ2n) is 4.12. The van der Waals surface area contributed by atoms with E-state index < -0.39 is 11.7 Å². The van der Waals surface area contributed by atoms with Crippen molar-refractivity contribution in [2.75, 3.05) is 5.32 Å². The molecule has 1 aromatic carbocycles. The maximum absolute atomic E-state index is 12.8. The van der Waals surface area contributed by atoms with E-state index >= 15 is 0 Å². The first-order valence-corrected chi connectivity index (χ1v) is 6.80. The fourth-order valence-corrected chi connectivity index (χ4v) is 2.67. The Bertz CT molecular complexity index is 546. The monoisotopic (exact) mass is 285 g/mol. The Kier molecular flexibility index (Phi) is 4.14. The Labute approximate surface area is 114 Å². The van der Waals surface area contributed by atoms with E-state index in [0.29, 0.717) is 6.54 Å². The molecule has 1 aromatic heterocycles. The fraction of sp³-hybridized carbons (Fsp3) is 0.286. The quantitative estimate of drug-likeness (QED) is 0.838. The van der Waals surface area contributed by atoms with E-state index in [1.807, 2.05) is 12.1 Å². The van der Waals surface area contributed by atoms with Gasteiger partial charge in [0.15, 0.2) is 0 Å². The molecule has 5 heteroatoms. The van der Waals surface area contributed by atoms with Crippen molar-refractivity contribution < 1.29 is 13.2 Å². The summed E-state index contributed by atoms with van der Waals surface area (Å²) in [6, 6.07) is 9.51. The number of para-hydroxylation sites is 1. The average Bonchev–Trinajstić information content (AvgIpc) is 2.83. The summed E-state index contributed by atoms with van der Waals surface area (Å²) in [7, 11) is 0. The molecule has 1 heterocycles. The van der Waals surface area contributed by atoms with Crippen LogP contribution in [0.25, 0.3) is 0 Å². The zero-order chi connectivity index (χ0) is 13.9.